The van der Waals surface area contributed by atoms with E-state index < -0.39 is 0 Å². The molecular formula is C18H28N4O3. The van der Waals surface area contributed by atoms with E-state index in [4.69, 9.17) is 4.74 Å². The van der Waals surface area contributed by atoms with Crippen molar-refractivity contribution >= 4 is 17.6 Å². The summed E-state index contributed by atoms with van der Waals surface area (Å²) in [6.07, 6.45) is 0. The fraction of sp³-hybridized carbons (Fsp3) is 0.556. The molecule has 0 spiro atoms. The molecule has 1 fully saturated rings. The van der Waals surface area contributed by atoms with Crippen molar-refractivity contribution in [2.45, 2.75) is 26.3 Å². The lowest BCUT2D eigenvalue weighted by Crippen LogP contribution is -2.55. The monoisotopic (exact) mass is 348 g/mol. The molecular weight excluding hydrogens is 320 g/mol. The highest BCUT2D eigenvalue weighted by Gasteiger charge is 2.28. The number of morpholine rings is 1. The summed E-state index contributed by atoms with van der Waals surface area (Å²) in [6.45, 7) is 10.4. The van der Waals surface area contributed by atoms with Gasteiger partial charge in [-0.1, -0.05) is 0 Å². The molecule has 0 aliphatic carbocycles. The number of nitrogens with zero attached hydrogens (tertiary/aromatic N) is 1. The molecule has 0 saturated carbocycles. The summed E-state index contributed by atoms with van der Waals surface area (Å²) in [6, 6.07) is 6.57. The van der Waals surface area contributed by atoms with E-state index in [1.165, 1.54) is 0 Å². The number of nitrogens with one attached hydrogen (secondary N) is 3. The SMILES string of the molecule is CCNC(=O)c1ccc(NC(=O)NCC(C)(C)N2CCOCC2)cc1. The first-order valence-electron chi connectivity index (χ1n) is 8.68. The van der Waals surface area contributed by atoms with Gasteiger partial charge in [-0.3, -0.25) is 9.69 Å². The van der Waals surface area contributed by atoms with E-state index >= 15 is 0 Å². The summed E-state index contributed by atoms with van der Waals surface area (Å²) in [7, 11) is 0. The van der Waals surface area contributed by atoms with E-state index in [1.54, 1.807) is 24.3 Å². The first-order chi connectivity index (χ1) is 11.9. The Balaban J connectivity index is 1.82. The van der Waals surface area contributed by atoms with Gasteiger partial charge >= 0.3 is 6.03 Å². The zero-order chi connectivity index (χ0) is 18.3. The average Bonchev–Trinajstić information content (AvgIpc) is 2.62. The summed E-state index contributed by atoms with van der Waals surface area (Å²) < 4.78 is 5.37. The van der Waals surface area contributed by atoms with E-state index in [0.29, 0.717) is 24.3 Å². The van der Waals surface area contributed by atoms with E-state index in [9.17, 15) is 9.59 Å². The Kier molecular flexibility index (Phi) is 6.78. The maximum Gasteiger partial charge on any atom is 0.319 e. The second kappa shape index (κ2) is 8.82. The normalized spacial score (nSPS) is 15.5. The van der Waals surface area contributed by atoms with Gasteiger partial charge in [0.05, 0.1) is 13.2 Å². The Hall–Kier alpha value is -2.12. The van der Waals surface area contributed by atoms with Crippen molar-refractivity contribution in [3.05, 3.63) is 29.8 Å². The van der Waals surface area contributed by atoms with Crippen LogP contribution in [0.25, 0.3) is 0 Å². The van der Waals surface area contributed by atoms with Crippen LogP contribution in [0.5, 0.6) is 0 Å². The summed E-state index contributed by atoms with van der Waals surface area (Å²) in [5.41, 5.74) is 1.08. The molecule has 1 aromatic rings. The minimum atomic E-state index is -0.257. The third kappa shape index (κ3) is 5.72. The van der Waals surface area contributed by atoms with Gasteiger partial charge in [0.15, 0.2) is 0 Å². The van der Waals surface area contributed by atoms with Crippen molar-refractivity contribution in [3.63, 3.8) is 0 Å². The van der Waals surface area contributed by atoms with Gasteiger partial charge in [0.1, 0.15) is 0 Å². The maximum absolute atomic E-state index is 12.1. The molecule has 7 nitrogen and oxygen atoms in total. The number of carbonyl (C=O) groups is 2. The van der Waals surface area contributed by atoms with Gasteiger partial charge < -0.3 is 20.7 Å². The molecule has 7 heteroatoms. The van der Waals surface area contributed by atoms with Crippen LogP contribution >= 0.6 is 0 Å². The number of carbonyl (C=O) groups excluding carboxylic acids is 2. The first kappa shape index (κ1) is 19.2. The molecule has 3 amide bonds. The first-order valence-corrected chi connectivity index (χ1v) is 8.68. The molecule has 3 N–H and O–H groups in total. The van der Waals surface area contributed by atoms with Gasteiger partial charge in [0.25, 0.3) is 5.91 Å². The topological polar surface area (TPSA) is 82.7 Å². The highest BCUT2D eigenvalue weighted by atomic mass is 16.5. The van der Waals surface area contributed by atoms with E-state index in [2.05, 4.69) is 34.7 Å². The lowest BCUT2D eigenvalue weighted by Gasteiger charge is -2.40. The van der Waals surface area contributed by atoms with Gasteiger partial charge in [-0.15, -0.1) is 0 Å². The van der Waals surface area contributed by atoms with E-state index in [0.717, 1.165) is 26.3 Å². The number of hydrogen-bond donors (Lipinski definition) is 3. The molecule has 25 heavy (non-hydrogen) atoms. The predicted molar refractivity (Wildman–Crippen MR) is 97.9 cm³/mol. The van der Waals surface area contributed by atoms with Crippen molar-refractivity contribution in [1.29, 1.82) is 0 Å². The number of hydrogen-bond acceptors (Lipinski definition) is 4. The molecule has 0 radical (unpaired) electrons. The van der Waals surface area contributed by atoms with Gasteiger partial charge in [0.2, 0.25) is 0 Å². The van der Waals surface area contributed by atoms with Crippen molar-refractivity contribution < 1.29 is 14.3 Å². The molecule has 1 aliphatic rings. The van der Waals surface area contributed by atoms with Crippen LogP contribution in [0.2, 0.25) is 0 Å². The number of rotatable bonds is 6. The molecule has 138 valence electrons. The van der Waals surface area contributed by atoms with Crippen molar-refractivity contribution in [1.82, 2.24) is 15.5 Å². The number of ether oxygens (including phenoxy) is 1. The van der Waals surface area contributed by atoms with Crippen LogP contribution in [0.4, 0.5) is 10.5 Å². The van der Waals surface area contributed by atoms with Crippen molar-refractivity contribution in [2.24, 2.45) is 0 Å². The summed E-state index contributed by atoms with van der Waals surface area (Å²) in [5, 5.41) is 8.44. The minimum Gasteiger partial charge on any atom is -0.379 e. The lowest BCUT2D eigenvalue weighted by atomic mass is 10.0. The smallest absolute Gasteiger partial charge is 0.319 e. The zero-order valence-electron chi connectivity index (χ0n) is 15.2. The molecule has 0 bridgehead atoms. The quantitative estimate of drug-likeness (QED) is 0.730. The standard InChI is InChI=1S/C18H28N4O3/c1-4-19-16(23)14-5-7-15(8-6-14)21-17(24)20-13-18(2,3)22-9-11-25-12-10-22/h5-8H,4,9-13H2,1-3H3,(H,19,23)(H2,20,21,24). The van der Waals surface area contributed by atoms with Gasteiger partial charge in [0, 0.05) is 43.0 Å². The zero-order valence-corrected chi connectivity index (χ0v) is 15.2. The third-order valence-corrected chi connectivity index (χ3v) is 4.29. The number of anilines is 1. The molecule has 0 atom stereocenters. The second-order valence-electron chi connectivity index (χ2n) is 6.66. The maximum atomic E-state index is 12.1. The van der Waals surface area contributed by atoms with Crippen LogP contribution in [0.1, 0.15) is 31.1 Å². The Morgan fingerprint density at radius 3 is 2.36 bits per heavy atom. The summed E-state index contributed by atoms with van der Waals surface area (Å²) >= 11 is 0. The Labute approximate surface area is 149 Å². The number of benzene rings is 1. The van der Waals surface area contributed by atoms with Crippen LogP contribution in [-0.4, -0.2) is 61.8 Å². The molecule has 0 aromatic heterocycles. The summed E-state index contributed by atoms with van der Waals surface area (Å²) in [4.78, 5) is 26.2. The lowest BCUT2D eigenvalue weighted by molar-refractivity contribution is -0.00863. The highest BCUT2D eigenvalue weighted by molar-refractivity contribution is 5.95. The summed E-state index contributed by atoms with van der Waals surface area (Å²) in [5.74, 6) is -0.120. The number of urea groups is 1. The predicted octanol–water partition coefficient (Wildman–Crippen LogP) is 1.67. The molecule has 1 aromatic carbocycles. The van der Waals surface area contributed by atoms with E-state index in [1.807, 2.05) is 6.92 Å². The number of amides is 3. The average molecular weight is 348 g/mol. The molecule has 2 rings (SSSR count). The Morgan fingerprint density at radius 1 is 1.12 bits per heavy atom. The second-order valence-corrected chi connectivity index (χ2v) is 6.66. The van der Waals surface area contributed by atoms with E-state index in [-0.39, 0.29) is 17.5 Å². The van der Waals surface area contributed by atoms with Crippen LogP contribution in [0, 0.1) is 0 Å². The minimum absolute atomic E-state index is 0.120. The highest BCUT2D eigenvalue weighted by Crippen LogP contribution is 2.15. The molecule has 0 unspecified atom stereocenters. The fourth-order valence-corrected chi connectivity index (χ4v) is 2.72. The van der Waals surface area contributed by atoms with Crippen LogP contribution < -0.4 is 16.0 Å². The molecule has 1 aliphatic heterocycles. The van der Waals surface area contributed by atoms with Crippen molar-refractivity contribution in [2.75, 3.05) is 44.7 Å². The van der Waals surface area contributed by atoms with Gasteiger partial charge in [-0.05, 0) is 45.0 Å². The van der Waals surface area contributed by atoms with Gasteiger partial charge in [-0.2, -0.15) is 0 Å². The molecule has 1 heterocycles. The molecule has 1 saturated heterocycles. The van der Waals surface area contributed by atoms with Crippen molar-refractivity contribution in [3.8, 4) is 0 Å². The van der Waals surface area contributed by atoms with Gasteiger partial charge in [-0.25, -0.2) is 4.79 Å². The largest absolute Gasteiger partial charge is 0.379 e. The third-order valence-electron chi connectivity index (χ3n) is 4.29. The Bertz CT molecular complexity index is 580. The van der Waals surface area contributed by atoms with Crippen LogP contribution in [0.15, 0.2) is 24.3 Å². The Morgan fingerprint density at radius 2 is 1.76 bits per heavy atom. The van der Waals surface area contributed by atoms with Crippen LogP contribution in [0.3, 0.4) is 0 Å². The van der Waals surface area contributed by atoms with Crippen LogP contribution in [-0.2, 0) is 4.74 Å². The fourth-order valence-electron chi connectivity index (χ4n) is 2.72.